The molecule has 1 aromatic rings. The van der Waals surface area contributed by atoms with Crippen LogP contribution in [0.15, 0.2) is 40.5 Å². The molecule has 0 aliphatic rings. The molecule has 0 radical (unpaired) electrons. The van der Waals surface area contributed by atoms with Crippen LogP contribution in [-0.4, -0.2) is 24.0 Å². The fourth-order valence-electron chi connectivity index (χ4n) is 1.97. The number of halogens is 1. The number of thiocarbonyl (C=S) groups is 1. The highest BCUT2D eigenvalue weighted by atomic mass is 35.5. The molecule has 3 N–H and O–H groups in total. The Bertz CT molecular complexity index is 580. The number of allylic oxidation sites excluding steroid dienone is 1. The van der Waals surface area contributed by atoms with E-state index in [0.29, 0.717) is 22.8 Å². The Morgan fingerprint density at radius 2 is 2.14 bits per heavy atom. The van der Waals surface area contributed by atoms with Crippen molar-refractivity contribution in [2.45, 2.75) is 19.9 Å². The van der Waals surface area contributed by atoms with Crippen LogP contribution in [0.2, 0.25) is 5.02 Å². The fraction of sp³-hybridized carbons (Fsp3) is 0.267. The van der Waals surface area contributed by atoms with Gasteiger partial charge in [0.25, 0.3) is 0 Å². The Hall–Kier alpha value is -1.72. The Kier molecular flexibility index (Phi) is 7.05. The minimum Gasteiger partial charge on any atom is -0.402 e. The van der Waals surface area contributed by atoms with E-state index in [2.05, 4.69) is 10.3 Å². The van der Waals surface area contributed by atoms with E-state index in [-0.39, 0.29) is 5.78 Å². The third-order valence-electron chi connectivity index (χ3n) is 2.82. The highest BCUT2D eigenvalue weighted by Crippen LogP contribution is 2.29. The summed E-state index contributed by atoms with van der Waals surface area (Å²) in [5.41, 5.74) is 7.55. The molecule has 112 valence electrons. The number of nitrogens with zero attached hydrogens (tertiary/aromatic N) is 1. The van der Waals surface area contributed by atoms with Gasteiger partial charge in [0.05, 0.1) is 18.9 Å². The number of benzene rings is 1. The van der Waals surface area contributed by atoms with Gasteiger partial charge in [-0.05, 0) is 25.5 Å². The topological polar surface area (TPSA) is 67.5 Å². The predicted octanol–water partition coefficient (Wildman–Crippen LogP) is 2.82. The Labute approximate surface area is 135 Å². The van der Waals surface area contributed by atoms with Gasteiger partial charge in [-0.2, -0.15) is 0 Å². The lowest BCUT2D eigenvalue weighted by molar-refractivity contribution is -0.114. The van der Waals surface area contributed by atoms with Crippen molar-refractivity contribution in [2.75, 3.05) is 6.54 Å². The summed E-state index contributed by atoms with van der Waals surface area (Å²) in [5, 5.41) is 5.14. The zero-order valence-corrected chi connectivity index (χ0v) is 13.5. The zero-order valence-electron chi connectivity index (χ0n) is 12.0. The average Bonchev–Trinajstić information content (AvgIpc) is 2.42. The van der Waals surface area contributed by atoms with E-state index in [9.17, 15) is 4.79 Å². The number of nitrogens with two attached hydrogens (primary N) is 1. The highest BCUT2D eigenvalue weighted by Gasteiger charge is 2.22. The van der Waals surface area contributed by atoms with Crippen LogP contribution >= 0.6 is 23.8 Å². The number of nitrogens with one attached hydrogen (secondary N) is 1. The zero-order chi connectivity index (χ0) is 15.8. The second-order valence-corrected chi connectivity index (χ2v) is 5.18. The minimum atomic E-state index is -0.449. The fourth-order valence-corrected chi connectivity index (χ4v) is 2.30. The number of carbonyl (C=O) groups is 1. The van der Waals surface area contributed by atoms with Gasteiger partial charge in [-0.3, -0.25) is 9.79 Å². The van der Waals surface area contributed by atoms with Crippen molar-refractivity contribution in [2.24, 2.45) is 10.7 Å². The summed E-state index contributed by atoms with van der Waals surface area (Å²) in [6, 6.07) is 6.85. The molecule has 1 rings (SSSR count). The molecule has 0 amide bonds. The van der Waals surface area contributed by atoms with Crippen LogP contribution in [0.4, 0.5) is 0 Å². The average molecular weight is 324 g/mol. The van der Waals surface area contributed by atoms with Crippen molar-refractivity contribution in [1.82, 2.24) is 5.32 Å². The molecule has 0 saturated carbocycles. The predicted molar refractivity (Wildman–Crippen MR) is 91.9 cm³/mol. The van der Waals surface area contributed by atoms with Crippen LogP contribution < -0.4 is 11.1 Å². The monoisotopic (exact) mass is 323 g/mol. The van der Waals surface area contributed by atoms with Crippen LogP contribution in [-0.2, 0) is 4.79 Å². The number of Topliss-reactive ketones (excluding diaryl/α,β-unsaturated/α-hetero) is 1. The number of carbonyl (C=O) groups excluding carboxylic acids is 1. The molecule has 0 fully saturated rings. The van der Waals surface area contributed by atoms with E-state index >= 15 is 0 Å². The van der Waals surface area contributed by atoms with Crippen molar-refractivity contribution in [3.63, 3.8) is 0 Å². The third-order valence-corrected chi connectivity index (χ3v) is 3.31. The first-order valence-electron chi connectivity index (χ1n) is 6.38. The van der Waals surface area contributed by atoms with Crippen molar-refractivity contribution >= 4 is 41.3 Å². The van der Waals surface area contributed by atoms with Crippen LogP contribution in [0.1, 0.15) is 25.5 Å². The van der Waals surface area contributed by atoms with Gasteiger partial charge in [-0.15, -0.1) is 0 Å². The largest absolute Gasteiger partial charge is 0.402 e. The van der Waals surface area contributed by atoms with Crippen LogP contribution in [0.3, 0.4) is 0 Å². The van der Waals surface area contributed by atoms with Gasteiger partial charge < -0.3 is 11.1 Å². The quantitative estimate of drug-likeness (QED) is 0.350. The molecule has 0 spiro atoms. The van der Waals surface area contributed by atoms with E-state index in [1.807, 2.05) is 18.2 Å². The lowest BCUT2D eigenvalue weighted by Gasteiger charge is -2.21. The smallest absolute Gasteiger partial charge is 0.159 e. The number of aliphatic imine (C=N–C) groups is 1. The lowest BCUT2D eigenvalue weighted by atomic mass is 9.94. The van der Waals surface area contributed by atoms with E-state index in [0.717, 1.165) is 5.56 Å². The van der Waals surface area contributed by atoms with Crippen molar-refractivity contribution < 1.29 is 4.79 Å². The Balaban J connectivity index is 3.23. The van der Waals surface area contributed by atoms with Crippen molar-refractivity contribution in [1.29, 1.82) is 0 Å². The molecule has 0 aliphatic carbocycles. The maximum Gasteiger partial charge on any atom is 0.159 e. The number of ketones is 1. The molecule has 0 aromatic heterocycles. The summed E-state index contributed by atoms with van der Waals surface area (Å²) in [6.45, 7) is 3.58. The van der Waals surface area contributed by atoms with Gasteiger partial charge in [0.1, 0.15) is 0 Å². The molecule has 1 aromatic carbocycles. The molecule has 0 heterocycles. The Morgan fingerprint density at radius 3 is 2.67 bits per heavy atom. The van der Waals surface area contributed by atoms with Crippen LogP contribution in [0, 0.1) is 0 Å². The van der Waals surface area contributed by atoms with E-state index in [4.69, 9.17) is 29.6 Å². The summed E-state index contributed by atoms with van der Waals surface area (Å²) in [6.07, 6.45) is 1.52. The summed E-state index contributed by atoms with van der Waals surface area (Å²) >= 11 is 10.9. The number of hydrogen-bond acceptors (Lipinski definition) is 4. The lowest BCUT2D eigenvalue weighted by Crippen LogP contribution is -2.27. The second kappa shape index (κ2) is 8.54. The maximum absolute atomic E-state index is 11.9. The molecule has 0 aliphatic heterocycles. The van der Waals surface area contributed by atoms with Crippen LogP contribution in [0.25, 0.3) is 0 Å². The second-order valence-electron chi connectivity index (χ2n) is 4.43. The molecule has 6 heteroatoms. The first-order valence-corrected chi connectivity index (χ1v) is 7.23. The molecular weight excluding hydrogens is 306 g/mol. The molecule has 4 nitrogen and oxygen atoms in total. The van der Waals surface area contributed by atoms with Gasteiger partial charge in [-0.25, -0.2) is 0 Å². The van der Waals surface area contributed by atoms with Gasteiger partial charge in [0.2, 0.25) is 0 Å². The summed E-state index contributed by atoms with van der Waals surface area (Å²) in [5.74, 6) is -0.115. The van der Waals surface area contributed by atoms with E-state index < -0.39 is 6.04 Å². The highest BCUT2D eigenvalue weighted by molar-refractivity contribution is 7.79. The van der Waals surface area contributed by atoms with Crippen molar-refractivity contribution in [3.05, 3.63) is 46.1 Å². The summed E-state index contributed by atoms with van der Waals surface area (Å²) in [4.78, 5) is 16.0. The summed E-state index contributed by atoms with van der Waals surface area (Å²) in [7, 11) is 0. The van der Waals surface area contributed by atoms with Gasteiger partial charge >= 0.3 is 0 Å². The molecule has 1 atom stereocenters. The van der Waals surface area contributed by atoms with Gasteiger partial charge in [0, 0.05) is 21.7 Å². The first kappa shape index (κ1) is 17.3. The summed E-state index contributed by atoms with van der Waals surface area (Å²) < 4.78 is 0. The van der Waals surface area contributed by atoms with E-state index in [1.165, 1.54) is 18.6 Å². The third kappa shape index (κ3) is 4.95. The maximum atomic E-state index is 11.9. The molecule has 0 saturated heterocycles. The van der Waals surface area contributed by atoms with Crippen molar-refractivity contribution in [3.8, 4) is 0 Å². The first-order chi connectivity index (χ1) is 9.99. The van der Waals surface area contributed by atoms with Crippen LogP contribution in [0.5, 0.6) is 0 Å². The molecule has 1 unspecified atom stereocenters. The standard InChI is InChI=1S/C15H18ClN3OS/c1-10(17)14(11(2)20)15(19-9-18-7-8-21)12-5-3-4-6-13(12)16/h3-6,8-9,15H,7,17H2,1-2H3,(H,18,19)/b14-10-. The van der Waals surface area contributed by atoms with Gasteiger partial charge in [-0.1, -0.05) is 42.0 Å². The number of rotatable bonds is 7. The molecular formula is C15H18ClN3OS. The van der Waals surface area contributed by atoms with E-state index in [1.54, 1.807) is 13.0 Å². The SMILES string of the molecule is CC(=O)/C(=C(\C)N)C(NC=NCC=S)c1ccccc1Cl. The number of hydrogen-bond donors (Lipinski definition) is 2. The minimum absolute atomic E-state index is 0.115. The normalized spacial score (nSPS) is 13.7. The Morgan fingerprint density at radius 1 is 1.48 bits per heavy atom. The molecule has 21 heavy (non-hydrogen) atoms. The molecule has 0 bridgehead atoms. The van der Waals surface area contributed by atoms with Gasteiger partial charge in [0.15, 0.2) is 5.78 Å².